The molecule has 38 heavy (non-hydrogen) atoms. The highest BCUT2D eigenvalue weighted by atomic mass is 79.9. The Labute approximate surface area is 232 Å². The summed E-state index contributed by atoms with van der Waals surface area (Å²) in [6.45, 7) is 2.26. The van der Waals surface area contributed by atoms with Gasteiger partial charge in [0.1, 0.15) is 10.7 Å². The van der Waals surface area contributed by atoms with Crippen molar-refractivity contribution >= 4 is 68.3 Å². The molecule has 0 unspecified atom stereocenters. The molecule has 8 nitrogen and oxygen atoms in total. The molecule has 0 spiro atoms. The van der Waals surface area contributed by atoms with Crippen LogP contribution in [0.2, 0.25) is 0 Å². The summed E-state index contributed by atoms with van der Waals surface area (Å²) in [5.41, 5.74) is 1.56. The number of rotatable bonds is 9. The molecule has 4 rings (SSSR count). The molecule has 1 aliphatic rings. The largest absolute Gasteiger partial charge is 0.462 e. The van der Waals surface area contributed by atoms with Crippen molar-refractivity contribution < 1.29 is 23.9 Å². The van der Waals surface area contributed by atoms with Gasteiger partial charge in [-0.05, 0) is 70.9 Å². The summed E-state index contributed by atoms with van der Waals surface area (Å²) in [7, 11) is 0. The molecular weight excluding hydrogens is 574 g/mol. The van der Waals surface area contributed by atoms with Crippen molar-refractivity contribution in [1.82, 2.24) is 0 Å². The second-order valence-electron chi connectivity index (χ2n) is 8.31. The SMILES string of the molecule is CCCCOC(=O)c1cccc(N2C(=O)C(Cl)=C(Nc3cccc(C(=O)Nc4ccccc4Br)c3)C2=O)c1. The van der Waals surface area contributed by atoms with Gasteiger partial charge in [-0.2, -0.15) is 0 Å². The number of esters is 1. The Balaban J connectivity index is 1.51. The number of nitrogens with one attached hydrogen (secondary N) is 2. The molecule has 0 bridgehead atoms. The van der Waals surface area contributed by atoms with Crippen molar-refractivity contribution in [3.8, 4) is 0 Å². The molecule has 0 atom stereocenters. The molecule has 0 aliphatic carbocycles. The van der Waals surface area contributed by atoms with Gasteiger partial charge in [0, 0.05) is 15.7 Å². The first-order valence-corrected chi connectivity index (χ1v) is 13.0. The maximum Gasteiger partial charge on any atom is 0.338 e. The summed E-state index contributed by atoms with van der Waals surface area (Å²) in [6, 6.07) is 19.7. The van der Waals surface area contributed by atoms with Crippen LogP contribution in [0.15, 0.2) is 88.0 Å². The minimum atomic E-state index is -0.738. The summed E-state index contributed by atoms with van der Waals surface area (Å²) < 4.78 is 5.95. The van der Waals surface area contributed by atoms with Crippen LogP contribution in [-0.4, -0.2) is 30.3 Å². The normalized spacial score (nSPS) is 13.1. The van der Waals surface area contributed by atoms with E-state index in [1.807, 2.05) is 19.1 Å². The van der Waals surface area contributed by atoms with E-state index in [4.69, 9.17) is 16.3 Å². The lowest BCUT2D eigenvalue weighted by Gasteiger charge is -2.16. The Kier molecular flexibility index (Phi) is 8.60. The number of hydrogen-bond acceptors (Lipinski definition) is 6. The van der Waals surface area contributed by atoms with Crippen LogP contribution in [0.1, 0.15) is 40.5 Å². The van der Waals surface area contributed by atoms with Gasteiger partial charge in [0.25, 0.3) is 17.7 Å². The predicted molar refractivity (Wildman–Crippen MR) is 149 cm³/mol. The number of para-hydroxylation sites is 1. The molecule has 0 saturated heterocycles. The Morgan fingerprint density at radius 3 is 2.45 bits per heavy atom. The van der Waals surface area contributed by atoms with Crippen molar-refractivity contribution in [2.45, 2.75) is 19.8 Å². The van der Waals surface area contributed by atoms with Gasteiger partial charge in [0.05, 0.1) is 23.5 Å². The molecular formula is C28H23BrClN3O5. The number of benzene rings is 3. The average Bonchev–Trinajstić information content (AvgIpc) is 3.13. The molecule has 0 saturated carbocycles. The van der Waals surface area contributed by atoms with Crippen molar-refractivity contribution in [2.75, 3.05) is 22.1 Å². The van der Waals surface area contributed by atoms with Gasteiger partial charge in [0.15, 0.2) is 0 Å². The van der Waals surface area contributed by atoms with E-state index in [0.29, 0.717) is 16.9 Å². The molecule has 3 amide bonds. The van der Waals surface area contributed by atoms with E-state index < -0.39 is 17.8 Å². The van der Waals surface area contributed by atoms with Crippen LogP contribution < -0.4 is 15.5 Å². The van der Waals surface area contributed by atoms with Gasteiger partial charge >= 0.3 is 5.97 Å². The zero-order valence-electron chi connectivity index (χ0n) is 20.3. The number of amides is 3. The van der Waals surface area contributed by atoms with Crippen LogP contribution in [0.5, 0.6) is 0 Å². The lowest BCUT2D eigenvalue weighted by atomic mass is 10.1. The Morgan fingerprint density at radius 2 is 1.68 bits per heavy atom. The fourth-order valence-electron chi connectivity index (χ4n) is 3.65. The zero-order chi connectivity index (χ0) is 27.2. The molecule has 3 aromatic rings. The van der Waals surface area contributed by atoms with E-state index >= 15 is 0 Å². The second kappa shape index (κ2) is 12.1. The van der Waals surface area contributed by atoms with Crippen LogP contribution in [0.4, 0.5) is 17.1 Å². The summed E-state index contributed by atoms with van der Waals surface area (Å²) >= 11 is 9.65. The maximum atomic E-state index is 13.2. The minimum absolute atomic E-state index is 0.143. The number of anilines is 3. The first kappa shape index (κ1) is 27.1. The van der Waals surface area contributed by atoms with Crippen molar-refractivity contribution in [3.63, 3.8) is 0 Å². The van der Waals surface area contributed by atoms with Gasteiger partial charge in [-0.15, -0.1) is 0 Å². The van der Waals surface area contributed by atoms with Crippen molar-refractivity contribution in [2.24, 2.45) is 0 Å². The lowest BCUT2D eigenvalue weighted by Crippen LogP contribution is -2.32. The molecule has 1 heterocycles. The van der Waals surface area contributed by atoms with E-state index in [0.717, 1.165) is 22.2 Å². The van der Waals surface area contributed by atoms with Crippen LogP contribution >= 0.6 is 27.5 Å². The molecule has 1 aliphatic heterocycles. The van der Waals surface area contributed by atoms with E-state index in [1.54, 1.807) is 42.5 Å². The quantitative estimate of drug-likeness (QED) is 0.176. The van der Waals surface area contributed by atoms with Crippen LogP contribution in [0.3, 0.4) is 0 Å². The zero-order valence-corrected chi connectivity index (χ0v) is 22.6. The van der Waals surface area contributed by atoms with E-state index in [1.165, 1.54) is 18.2 Å². The van der Waals surface area contributed by atoms with Gasteiger partial charge in [-0.25, -0.2) is 9.69 Å². The molecule has 3 aromatic carbocycles. The smallest absolute Gasteiger partial charge is 0.338 e. The van der Waals surface area contributed by atoms with Crippen molar-refractivity contribution in [1.29, 1.82) is 0 Å². The summed E-state index contributed by atoms with van der Waals surface area (Å²) in [6.07, 6.45) is 1.61. The highest BCUT2D eigenvalue weighted by molar-refractivity contribution is 9.10. The third kappa shape index (κ3) is 5.95. The first-order chi connectivity index (χ1) is 18.3. The molecule has 0 radical (unpaired) electrons. The van der Waals surface area contributed by atoms with Gasteiger partial charge < -0.3 is 15.4 Å². The third-order valence-corrected chi connectivity index (χ3v) is 6.66. The Hall–Kier alpha value is -3.95. The highest BCUT2D eigenvalue weighted by Crippen LogP contribution is 2.31. The van der Waals surface area contributed by atoms with Gasteiger partial charge in [0.2, 0.25) is 0 Å². The number of nitrogens with zero attached hydrogens (tertiary/aromatic N) is 1. The molecule has 194 valence electrons. The molecule has 2 N–H and O–H groups in total. The summed E-state index contributed by atoms with van der Waals surface area (Å²) in [5.74, 6) is -2.34. The van der Waals surface area contributed by atoms with E-state index in [-0.39, 0.29) is 34.5 Å². The first-order valence-electron chi connectivity index (χ1n) is 11.8. The van der Waals surface area contributed by atoms with Crippen molar-refractivity contribution in [3.05, 3.63) is 99.1 Å². The maximum absolute atomic E-state index is 13.2. The number of imide groups is 1. The standard InChI is InChI=1S/C28H23BrClN3O5/c1-2-3-14-38-28(37)18-9-7-11-20(16-18)33-26(35)23(30)24(27(33)36)31-19-10-6-8-17(15-19)25(34)32-22-13-5-4-12-21(22)29/h4-13,15-16,31H,2-3,14H2,1H3,(H,32,34). The number of halogens is 2. The number of ether oxygens (including phenoxy) is 1. The van der Waals surface area contributed by atoms with Gasteiger partial charge in [-0.3, -0.25) is 14.4 Å². The predicted octanol–water partition coefficient (Wildman–Crippen LogP) is 6.09. The number of unbranched alkanes of at least 4 members (excludes halogenated alkanes) is 1. The van der Waals surface area contributed by atoms with E-state index in [2.05, 4.69) is 26.6 Å². The molecule has 0 aromatic heterocycles. The number of carbonyl (C=O) groups is 4. The monoisotopic (exact) mass is 595 g/mol. The molecule has 10 heteroatoms. The summed E-state index contributed by atoms with van der Waals surface area (Å²) in [5, 5.41) is 5.37. The van der Waals surface area contributed by atoms with Crippen LogP contribution in [0, 0.1) is 0 Å². The highest BCUT2D eigenvalue weighted by Gasteiger charge is 2.39. The van der Waals surface area contributed by atoms with E-state index in [9.17, 15) is 19.2 Å². The Bertz CT molecular complexity index is 1460. The lowest BCUT2D eigenvalue weighted by molar-refractivity contribution is -0.120. The number of carbonyl (C=O) groups excluding carboxylic acids is 4. The Morgan fingerprint density at radius 1 is 0.947 bits per heavy atom. The topological polar surface area (TPSA) is 105 Å². The van der Waals surface area contributed by atoms with Crippen LogP contribution in [0.25, 0.3) is 0 Å². The fourth-order valence-corrected chi connectivity index (χ4v) is 4.25. The molecule has 0 fully saturated rings. The summed E-state index contributed by atoms with van der Waals surface area (Å²) in [4.78, 5) is 52.1. The fraction of sp³-hybridized carbons (Fsp3) is 0.143. The van der Waals surface area contributed by atoms with Gasteiger partial charge in [-0.1, -0.05) is 49.2 Å². The average molecular weight is 597 g/mol. The third-order valence-electron chi connectivity index (χ3n) is 5.61. The minimum Gasteiger partial charge on any atom is -0.462 e. The number of hydrogen-bond donors (Lipinski definition) is 2. The van der Waals surface area contributed by atoms with Crippen LogP contribution in [-0.2, 0) is 14.3 Å². The second-order valence-corrected chi connectivity index (χ2v) is 9.55.